The average molecular weight is 278 g/mol. The van der Waals surface area contributed by atoms with Crippen molar-refractivity contribution in [1.82, 2.24) is 5.32 Å². The first kappa shape index (κ1) is 16.2. The van der Waals surface area contributed by atoms with Gasteiger partial charge in [0.1, 0.15) is 0 Å². The molecule has 110 valence electrons. The molecule has 0 radical (unpaired) electrons. The Hall–Kier alpha value is -1.88. The topological polar surface area (TPSA) is 78.4 Å². The molecule has 0 aliphatic heterocycles. The fraction of sp³-hybridized carbons (Fsp3) is 0.467. The summed E-state index contributed by atoms with van der Waals surface area (Å²) in [6.45, 7) is 4.72. The Morgan fingerprint density at radius 2 is 1.80 bits per heavy atom. The third-order valence-corrected chi connectivity index (χ3v) is 2.77. The van der Waals surface area contributed by atoms with Gasteiger partial charge in [-0.05, 0) is 24.1 Å². The molecule has 1 rings (SSSR count). The summed E-state index contributed by atoms with van der Waals surface area (Å²) >= 11 is 0. The average Bonchev–Trinajstić information content (AvgIpc) is 2.37. The van der Waals surface area contributed by atoms with Crippen molar-refractivity contribution in [3.05, 3.63) is 29.8 Å². The van der Waals surface area contributed by atoms with E-state index in [4.69, 9.17) is 5.11 Å². The van der Waals surface area contributed by atoms with Gasteiger partial charge >= 0.3 is 5.97 Å². The normalized spacial score (nSPS) is 10.6. The number of carboxylic acids is 1. The number of carbonyl (C=O) groups excluding carboxylic acids is 1. The van der Waals surface area contributed by atoms with Gasteiger partial charge in [-0.3, -0.25) is 9.59 Å². The van der Waals surface area contributed by atoms with Gasteiger partial charge in [0.25, 0.3) is 0 Å². The molecule has 0 aromatic heterocycles. The Morgan fingerprint density at radius 1 is 1.15 bits per heavy atom. The molecule has 5 heteroatoms. The first-order chi connectivity index (χ1) is 9.47. The van der Waals surface area contributed by atoms with Crippen LogP contribution in [-0.2, 0) is 16.0 Å². The van der Waals surface area contributed by atoms with Crippen molar-refractivity contribution >= 4 is 17.6 Å². The fourth-order valence-electron chi connectivity index (χ4n) is 1.70. The van der Waals surface area contributed by atoms with Gasteiger partial charge in [-0.1, -0.05) is 26.0 Å². The van der Waals surface area contributed by atoms with Crippen LogP contribution in [0.15, 0.2) is 24.3 Å². The number of carboxylic acid groups (broad SMARTS) is 1. The molecule has 0 saturated heterocycles. The van der Waals surface area contributed by atoms with Crippen LogP contribution in [0.1, 0.15) is 32.3 Å². The molecular weight excluding hydrogens is 256 g/mol. The highest BCUT2D eigenvalue weighted by molar-refractivity contribution is 5.90. The van der Waals surface area contributed by atoms with E-state index < -0.39 is 5.97 Å². The summed E-state index contributed by atoms with van der Waals surface area (Å²) in [6, 6.07) is 7.64. The second kappa shape index (κ2) is 8.32. The molecule has 0 spiro atoms. The van der Waals surface area contributed by atoms with Crippen LogP contribution in [0.3, 0.4) is 0 Å². The molecule has 1 amide bonds. The molecule has 20 heavy (non-hydrogen) atoms. The number of aryl methyl sites for hydroxylation is 1. The fourth-order valence-corrected chi connectivity index (χ4v) is 1.70. The van der Waals surface area contributed by atoms with Crippen LogP contribution in [0.25, 0.3) is 0 Å². The minimum Gasteiger partial charge on any atom is -0.481 e. The third-order valence-electron chi connectivity index (χ3n) is 2.77. The maximum absolute atomic E-state index is 11.7. The Labute approximate surface area is 119 Å². The van der Waals surface area contributed by atoms with Crippen molar-refractivity contribution in [1.29, 1.82) is 0 Å². The molecule has 0 saturated carbocycles. The SMILES string of the molecule is CC(C)NCCC(=O)Nc1ccc(CCC(=O)O)cc1. The summed E-state index contributed by atoms with van der Waals surface area (Å²) < 4.78 is 0. The van der Waals surface area contributed by atoms with Gasteiger partial charge in [0, 0.05) is 31.1 Å². The quantitative estimate of drug-likeness (QED) is 0.680. The molecule has 3 N–H and O–H groups in total. The van der Waals surface area contributed by atoms with Crippen LogP contribution in [0.5, 0.6) is 0 Å². The van der Waals surface area contributed by atoms with Crippen LogP contribution in [0.2, 0.25) is 0 Å². The number of nitrogens with one attached hydrogen (secondary N) is 2. The summed E-state index contributed by atoms with van der Waals surface area (Å²) in [6.07, 6.45) is 1.05. The minimum atomic E-state index is -0.806. The van der Waals surface area contributed by atoms with E-state index in [-0.39, 0.29) is 12.3 Å². The zero-order valence-corrected chi connectivity index (χ0v) is 12.0. The van der Waals surface area contributed by atoms with E-state index in [0.29, 0.717) is 25.4 Å². The lowest BCUT2D eigenvalue weighted by molar-refractivity contribution is -0.137. The van der Waals surface area contributed by atoms with Crippen molar-refractivity contribution in [2.24, 2.45) is 0 Å². The third kappa shape index (κ3) is 6.89. The molecule has 1 aromatic carbocycles. The van der Waals surface area contributed by atoms with Crippen LogP contribution in [0.4, 0.5) is 5.69 Å². The van der Waals surface area contributed by atoms with Gasteiger partial charge in [0.05, 0.1) is 0 Å². The van der Waals surface area contributed by atoms with E-state index in [2.05, 4.69) is 10.6 Å². The standard InChI is InChI=1S/C15H22N2O3/c1-11(2)16-10-9-14(18)17-13-6-3-12(4-7-13)5-8-15(19)20/h3-4,6-7,11,16H,5,8-10H2,1-2H3,(H,17,18)(H,19,20). The number of aliphatic carboxylic acids is 1. The lowest BCUT2D eigenvalue weighted by Crippen LogP contribution is -2.27. The van der Waals surface area contributed by atoms with Crippen LogP contribution >= 0.6 is 0 Å². The highest BCUT2D eigenvalue weighted by Crippen LogP contribution is 2.11. The van der Waals surface area contributed by atoms with Crippen molar-refractivity contribution < 1.29 is 14.7 Å². The number of hydrogen-bond acceptors (Lipinski definition) is 3. The Balaban J connectivity index is 2.37. The Bertz CT molecular complexity index is 441. The summed E-state index contributed by atoms with van der Waals surface area (Å²) in [5, 5.41) is 14.6. The maximum Gasteiger partial charge on any atom is 0.303 e. The van der Waals surface area contributed by atoms with Gasteiger partial charge in [-0.2, -0.15) is 0 Å². The highest BCUT2D eigenvalue weighted by Gasteiger charge is 2.03. The predicted octanol–water partition coefficient (Wildman–Crippen LogP) is 2.03. The van der Waals surface area contributed by atoms with Crippen LogP contribution in [0, 0.1) is 0 Å². The lowest BCUT2D eigenvalue weighted by Gasteiger charge is -2.09. The number of rotatable bonds is 8. The molecular formula is C15H22N2O3. The van der Waals surface area contributed by atoms with Crippen LogP contribution < -0.4 is 10.6 Å². The van der Waals surface area contributed by atoms with E-state index >= 15 is 0 Å². The molecule has 0 heterocycles. The minimum absolute atomic E-state index is 0.0311. The summed E-state index contributed by atoms with van der Waals surface area (Å²) in [7, 11) is 0. The molecule has 0 atom stereocenters. The van der Waals surface area contributed by atoms with Crippen molar-refractivity contribution in [2.45, 2.75) is 39.2 Å². The maximum atomic E-state index is 11.7. The van der Waals surface area contributed by atoms with Gasteiger partial charge in [-0.15, -0.1) is 0 Å². The second-order valence-electron chi connectivity index (χ2n) is 5.00. The summed E-state index contributed by atoms with van der Waals surface area (Å²) in [4.78, 5) is 22.1. The Kier molecular flexibility index (Phi) is 6.73. The van der Waals surface area contributed by atoms with E-state index in [0.717, 1.165) is 11.3 Å². The number of amides is 1. The van der Waals surface area contributed by atoms with Gasteiger partial charge in [0.15, 0.2) is 0 Å². The highest BCUT2D eigenvalue weighted by atomic mass is 16.4. The van der Waals surface area contributed by atoms with Gasteiger partial charge in [0.2, 0.25) is 5.91 Å². The molecule has 5 nitrogen and oxygen atoms in total. The van der Waals surface area contributed by atoms with Crippen LogP contribution in [-0.4, -0.2) is 29.6 Å². The number of anilines is 1. The molecule has 0 bridgehead atoms. The van der Waals surface area contributed by atoms with Crippen molar-refractivity contribution in [2.75, 3.05) is 11.9 Å². The predicted molar refractivity (Wildman–Crippen MR) is 78.8 cm³/mol. The van der Waals surface area contributed by atoms with E-state index in [1.165, 1.54) is 0 Å². The Morgan fingerprint density at radius 3 is 2.35 bits per heavy atom. The van der Waals surface area contributed by atoms with Gasteiger partial charge < -0.3 is 15.7 Å². The first-order valence-corrected chi connectivity index (χ1v) is 6.81. The lowest BCUT2D eigenvalue weighted by atomic mass is 10.1. The zero-order valence-electron chi connectivity index (χ0n) is 12.0. The smallest absolute Gasteiger partial charge is 0.303 e. The molecule has 0 unspecified atom stereocenters. The number of carbonyl (C=O) groups is 2. The molecule has 0 aliphatic rings. The second-order valence-corrected chi connectivity index (χ2v) is 5.00. The van der Waals surface area contributed by atoms with Crippen molar-refractivity contribution in [3.8, 4) is 0 Å². The van der Waals surface area contributed by atoms with E-state index in [1.807, 2.05) is 26.0 Å². The number of hydrogen-bond donors (Lipinski definition) is 3. The zero-order chi connectivity index (χ0) is 15.0. The summed E-state index contributed by atoms with van der Waals surface area (Å²) in [5.74, 6) is -0.837. The van der Waals surface area contributed by atoms with E-state index in [1.54, 1.807) is 12.1 Å². The molecule has 0 fully saturated rings. The van der Waals surface area contributed by atoms with E-state index in [9.17, 15) is 9.59 Å². The molecule has 1 aromatic rings. The first-order valence-electron chi connectivity index (χ1n) is 6.81. The number of benzene rings is 1. The van der Waals surface area contributed by atoms with Crippen molar-refractivity contribution in [3.63, 3.8) is 0 Å². The largest absolute Gasteiger partial charge is 0.481 e. The van der Waals surface area contributed by atoms with Gasteiger partial charge in [-0.25, -0.2) is 0 Å². The monoisotopic (exact) mass is 278 g/mol. The molecule has 0 aliphatic carbocycles. The summed E-state index contributed by atoms with van der Waals surface area (Å²) in [5.41, 5.74) is 1.69.